The van der Waals surface area contributed by atoms with Gasteiger partial charge >= 0.3 is 11.7 Å². The van der Waals surface area contributed by atoms with Crippen molar-refractivity contribution in [3.8, 4) is 5.88 Å². The molecular formula is C23H42N2O5. The van der Waals surface area contributed by atoms with Crippen LogP contribution in [0.5, 0.6) is 5.88 Å². The maximum atomic E-state index is 12.2. The summed E-state index contributed by atoms with van der Waals surface area (Å²) >= 11 is 0. The van der Waals surface area contributed by atoms with Crippen LogP contribution < -0.4 is 5.69 Å². The van der Waals surface area contributed by atoms with Crippen LogP contribution in [0.3, 0.4) is 0 Å². The van der Waals surface area contributed by atoms with Crippen LogP contribution in [0.25, 0.3) is 0 Å². The normalized spacial score (nSPS) is 12.4. The van der Waals surface area contributed by atoms with Crippen molar-refractivity contribution in [2.24, 2.45) is 10.8 Å². The van der Waals surface area contributed by atoms with E-state index in [0.29, 0.717) is 13.1 Å². The zero-order valence-electron chi connectivity index (χ0n) is 19.6. The van der Waals surface area contributed by atoms with E-state index in [9.17, 15) is 14.7 Å². The van der Waals surface area contributed by atoms with E-state index in [-0.39, 0.29) is 28.8 Å². The highest BCUT2D eigenvalue weighted by Crippen LogP contribution is 2.29. The summed E-state index contributed by atoms with van der Waals surface area (Å²) in [6.45, 7) is 12.8. The summed E-state index contributed by atoms with van der Waals surface area (Å²) in [5.74, 6) is -0.695. The second kappa shape index (κ2) is 12.2. The first-order valence-corrected chi connectivity index (χ1v) is 11.3. The molecule has 0 aliphatic carbocycles. The lowest BCUT2D eigenvalue weighted by Crippen LogP contribution is -2.26. The van der Waals surface area contributed by atoms with E-state index >= 15 is 0 Å². The lowest BCUT2D eigenvalue weighted by atomic mass is 9.84. The lowest BCUT2D eigenvalue weighted by molar-refractivity contribution is -0.139. The third-order valence-corrected chi connectivity index (χ3v) is 5.79. The number of nitrogens with zero attached hydrogens (tertiary/aromatic N) is 2. The van der Waals surface area contributed by atoms with Gasteiger partial charge in [-0.3, -0.25) is 13.9 Å². The fourth-order valence-electron chi connectivity index (χ4n) is 3.71. The van der Waals surface area contributed by atoms with Gasteiger partial charge in [-0.15, -0.1) is 0 Å². The molecule has 0 amide bonds. The number of aromatic hydroxyl groups is 1. The summed E-state index contributed by atoms with van der Waals surface area (Å²) in [5.41, 5.74) is -0.209. The molecule has 0 unspecified atom stereocenters. The van der Waals surface area contributed by atoms with Crippen molar-refractivity contribution in [3.05, 3.63) is 16.7 Å². The number of hydrogen-bond donors (Lipinski definition) is 2. The van der Waals surface area contributed by atoms with Gasteiger partial charge in [0.05, 0.1) is 12.6 Å². The number of imidazole rings is 1. The molecule has 0 aliphatic rings. The van der Waals surface area contributed by atoms with Crippen molar-refractivity contribution in [2.45, 2.75) is 99.1 Å². The van der Waals surface area contributed by atoms with Gasteiger partial charge in [0.25, 0.3) is 0 Å². The van der Waals surface area contributed by atoms with Crippen LogP contribution in [0.4, 0.5) is 0 Å². The molecule has 1 rings (SSSR count). The topological polar surface area (TPSA) is 93.7 Å². The Kier molecular flexibility index (Phi) is 10.7. The highest BCUT2D eigenvalue weighted by molar-refractivity contribution is 5.67. The molecule has 2 N–H and O–H groups in total. The van der Waals surface area contributed by atoms with E-state index in [1.54, 1.807) is 0 Å². The van der Waals surface area contributed by atoms with Gasteiger partial charge in [-0.2, -0.15) is 0 Å². The van der Waals surface area contributed by atoms with Crippen molar-refractivity contribution >= 4 is 5.97 Å². The monoisotopic (exact) mass is 426 g/mol. The van der Waals surface area contributed by atoms with Crippen molar-refractivity contribution in [2.75, 3.05) is 13.2 Å². The third-order valence-electron chi connectivity index (χ3n) is 5.79. The number of ether oxygens (including phenoxy) is 1. The smallest absolute Gasteiger partial charge is 0.331 e. The third kappa shape index (κ3) is 9.83. The van der Waals surface area contributed by atoms with Gasteiger partial charge in [-0.1, -0.05) is 40.5 Å². The Morgan fingerprint density at radius 3 is 2.07 bits per heavy atom. The zero-order chi connectivity index (χ0) is 22.8. The Morgan fingerprint density at radius 2 is 1.57 bits per heavy atom. The van der Waals surface area contributed by atoms with Crippen molar-refractivity contribution in [1.82, 2.24) is 9.13 Å². The van der Waals surface area contributed by atoms with Gasteiger partial charge in [-0.25, -0.2) is 4.79 Å². The second-order valence-corrected chi connectivity index (χ2v) is 9.88. The number of carboxylic acid groups (broad SMARTS) is 1. The maximum Gasteiger partial charge on any atom is 0.331 e. The molecule has 0 aromatic carbocycles. The van der Waals surface area contributed by atoms with E-state index in [2.05, 4.69) is 13.8 Å². The number of aromatic nitrogens is 2. The van der Waals surface area contributed by atoms with E-state index in [0.717, 1.165) is 58.2 Å². The quantitative estimate of drug-likeness (QED) is 0.375. The van der Waals surface area contributed by atoms with Crippen LogP contribution in [0.1, 0.15) is 86.0 Å². The number of rotatable bonds is 16. The second-order valence-electron chi connectivity index (χ2n) is 9.88. The maximum absolute atomic E-state index is 12.2. The van der Waals surface area contributed by atoms with E-state index in [1.165, 1.54) is 15.3 Å². The molecule has 7 heteroatoms. The number of carboxylic acids is 1. The molecular weight excluding hydrogens is 384 g/mol. The molecule has 0 saturated heterocycles. The fraction of sp³-hybridized carbons (Fsp3) is 0.826. The summed E-state index contributed by atoms with van der Waals surface area (Å²) in [6, 6.07) is 0. The summed E-state index contributed by atoms with van der Waals surface area (Å²) in [7, 11) is 0. The first kappa shape index (κ1) is 26.3. The SMILES string of the molecule is CCn1cc(O)n(CCC(C)(C)CCCCOCCCCC(C)(C)CC(=O)O)c1=O. The first-order chi connectivity index (χ1) is 14.0. The molecule has 1 heterocycles. The van der Waals surface area contributed by atoms with E-state index in [1.807, 2.05) is 20.8 Å². The predicted molar refractivity (Wildman–Crippen MR) is 119 cm³/mol. The highest BCUT2D eigenvalue weighted by atomic mass is 16.5. The molecule has 0 aliphatic heterocycles. The molecule has 30 heavy (non-hydrogen) atoms. The van der Waals surface area contributed by atoms with Gasteiger partial charge < -0.3 is 14.9 Å². The van der Waals surface area contributed by atoms with Crippen LogP contribution in [-0.2, 0) is 22.6 Å². The molecule has 0 radical (unpaired) electrons. The van der Waals surface area contributed by atoms with Crippen LogP contribution >= 0.6 is 0 Å². The molecule has 1 aromatic rings. The Labute approximate surface area is 181 Å². The number of aryl methyl sites for hydroxylation is 1. The average Bonchev–Trinajstić information content (AvgIpc) is 2.90. The van der Waals surface area contributed by atoms with Gasteiger partial charge in [0.15, 0.2) is 0 Å². The lowest BCUT2D eigenvalue weighted by Gasteiger charge is -2.24. The fourth-order valence-corrected chi connectivity index (χ4v) is 3.71. The summed E-state index contributed by atoms with van der Waals surface area (Å²) in [5, 5.41) is 18.9. The minimum Gasteiger partial charge on any atom is -0.493 e. The van der Waals surface area contributed by atoms with Crippen LogP contribution in [-0.4, -0.2) is 38.5 Å². The number of carbonyl (C=O) groups is 1. The molecule has 0 fully saturated rings. The average molecular weight is 427 g/mol. The zero-order valence-corrected chi connectivity index (χ0v) is 19.6. The first-order valence-electron chi connectivity index (χ1n) is 11.3. The van der Waals surface area contributed by atoms with Crippen LogP contribution in [0.2, 0.25) is 0 Å². The molecule has 174 valence electrons. The summed E-state index contributed by atoms with van der Waals surface area (Å²) in [6.07, 6.45) is 8.51. The number of hydrogen-bond acceptors (Lipinski definition) is 4. The summed E-state index contributed by atoms with van der Waals surface area (Å²) < 4.78 is 8.69. The highest BCUT2D eigenvalue weighted by Gasteiger charge is 2.21. The minimum absolute atomic E-state index is 0.0393. The largest absolute Gasteiger partial charge is 0.493 e. The molecule has 0 spiro atoms. The molecule has 7 nitrogen and oxygen atoms in total. The van der Waals surface area contributed by atoms with Gasteiger partial charge in [0, 0.05) is 26.3 Å². The standard InChI is InChI=1S/C23H42N2O5/c1-6-24-18-19(26)25(21(24)29)14-13-22(2,3)11-7-9-15-30-16-10-8-12-23(4,5)17-20(27)28/h18,26H,6-17H2,1-5H3,(H,27,28). The van der Waals surface area contributed by atoms with E-state index in [4.69, 9.17) is 9.84 Å². The van der Waals surface area contributed by atoms with Gasteiger partial charge in [0.2, 0.25) is 5.88 Å². The number of aliphatic carboxylic acids is 1. The van der Waals surface area contributed by atoms with Crippen molar-refractivity contribution in [1.29, 1.82) is 0 Å². The van der Waals surface area contributed by atoms with Crippen molar-refractivity contribution < 1.29 is 19.7 Å². The Hall–Kier alpha value is -1.76. The van der Waals surface area contributed by atoms with Crippen LogP contribution in [0, 0.1) is 10.8 Å². The predicted octanol–water partition coefficient (Wildman–Crippen LogP) is 4.65. The van der Waals surface area contributed by atoms with Crippen molar-refractivity contribution in [3.63, 3.8) is 0 Å². The Bertz CT molecular complexity index is 703. The van der Waals surface area contributed by atoms with Gasteiger partial charge in [-0.05, 0) is 49.9 Å². The van der Waals surface area contributed by atoms with Crippen LogP contribution in [0.15, 0.2) is 11.0 Å². The number of unbranched alkanes of at least 4 members (excludes halogenated alkanes) is 2. The minimum atomic E-state index is -0.734. The van der Waals surface area contributed by atoms with Gasteiger partial charge in [0.1, 0.15) is 0 Å². The molecule has 0 bridgehead atoms. The van der Waals surface area contributed by atoms with E-state index < -0.39 is 5.97 Å². The Morgan fingerprint density at radius 1 is 1.00 bits per heavy atom. The summed E-state index contributed by atoms with van der Waals surface area (Å²) in [4.78, 5) is 23.0. The molecule has 0 saturated carbocycles. The Balaban J connectivity index is 2.15. The molecule has 0 atom stereocenters. The molecule has 1 aromatic heterocycles.